The minimum atomic E-state index is -4.16. The Hall–Kier alpha value is -4.77. The van der Waals surface area contributed by atoms with Crippen LogP contribution in [-0.2, 0) is 16.6 Å². The second kappa shape index (κ2) is 13.1. The number of rotatable bonds is 6. The smallest absolute Gasteiger partial charge is 0.264 e. The molecule has 2 amide bonds. The summed E-state index contributed by atoms with van der Waals surface area (Å²) in [6.45, 7) is 8.39. The molecule has 0 saturated heterocycles. The normalized spacial score (nSPS) is 16.1. The van der Waals surface area contributed by atoms with Crippen LogP contribution in [0.2, 0.25) is 0 Å². The number of benzene rings is 3. The molecule has 0 fully saturated rings. The molecule has 1 aromatic heterocycles. The zero-order chi connectivity index (χ0) is 32.3. The molecular formula is C34H37N5O5S. The highest BCUT2D eigenvalue weighted by atomic mass is 32.2. The van der Waals surface area contributed by atoms with Crippen molar-refractivity contribution in [3.63, 3.8) is 0 Å². The molecule has 0 saturated carbocycles. The summed E-state index contributed by atoms with van der Waals surface area (Å²) < 4.78 is 35.9. The average molecular weight is 628 g/mol. The van der Waals surface area contributed by atoms with E-state index in [-0.39, 0.29) is 53.2 Å². The number of nitrogens with zero attached hydrogens (tertiary/aromatic N) is 3. The number of amides is 2. The molecule has 4 bridgehead atoms. The van der Waals surface area contributed by atoms with Gasteiger partial charge in [0.2, 0.25) is 11.8 Å². The molecule has 0 spiro atoms. The molecule has 2 heterocycles. The molecule has 3 aromatic carbocycles. The third kappa shape index (κ3) is 7.15. The first-order valence-electron chi connectivity index (χ1n) is 14.8. The van der Waals surface area contributed by atoms with Crippen LogP contribution < -0.4 is 14.8 Å². The Morgan fingerprint density at radius 3 is 2.38 bits per heavy atom. The number of fused-ring (bicyclic) bond motifs is 4. The maximum absolute atomic E-state index is 14.2. The van der Waals surface area contributed by atoms with E-state index in [1.54, 1.807) is 42.3 Å². The zero-order valence-electron chi connectivity index (χ0n) is 26.0. The zero-order valence-corrected chi connectivity index (χ0v) is 26.8. The third-order valence-electron chi connectivity index (χ3n) is 7.72. The van der Waals surface area contributed by atoms with Crippen molar-refractivity contribution in [2.24, 2.45) is 5.92 Å². The van der Waals surface area contributed by atoms with E-state index >= 15 is 0 Å². The van der Waals surface area contributed by atoms with E-state index < -0.39 is 16.1 Å². The molecular weight excluding hydrogens is 590 g/mol. The van der Waals surface area contributed by atoms with E-state index in [2.05, 4.69) is 33.9 Å². The SMILES string of the molecule is CNC(=O)c1ccc(CN2C(=O)c3cccc(c3)S(=O)(=O)Nc3nc(cc(-c4c(C)cccc4C)n3)OC[C@H]2CC(C)C)cc1. The molecule has 1 atom stereocenters. The summed E-state index contributed by atoms with van der Waals surface area (Å²) in [5.74, 6) is -0.288. The Kier molecular flexibility index (Phi) is 9.19. The lowest BCUT2D eigenvalue weighted by molar-refractivity contribution is 0.0553. The van der Waals surface area contributed by atoms with Crippen LogP contribution in [0.4, 0.5) is 5.95 Å². The number of carbonyl (C=O) groups excluding carboxylic acids is 2. The molecule has 0 unspecified atom stereocenters. The number of carbonyl (C=O) groups is 2. The molecule has 5 rings (SSSR count). The number of nitrogens with one attached hydrogen (secondary N) is 2. The van der Waals surface area contributed by atoms with Crippen LogP contribution in [0.3, 0.4) is 0 Å². The van der Waals surface area contributed by atoms with Crippen molar-refractivity contribution < 1.29 is 22.7 Å². The van der Waals surface area contributed by atoms with Crippen molar-refractivity contribution in [2.45, 2.75) is 51.6 Å². The van der Waals surface area contributed by atoms with Crippen LogP contribution in [-0.4, -0.2) is 54.8 Å². The molecule has 234 valence electrons. The van der Waals surface area contributed by atoms with Crippen molar-refractivity contribution in [2.75, 3.05) is 18.4 Å². The van der Waals surface area contributed by atoms with Gasteiger partial charge in [0.05, 0.1) is 16.6 Å². The maximum Gasteiger partial charge on any atom is 0.264 e. The van der Waals surface area contributed by atoms with Gasteiger partial charge in [-0.2, -0.15) is 4.98 Å². The summed E-state index contributed by atoms with van der Waals surface area (Å²) in [7, 11) is -2.60. The molecule has 2 N–H and O–H groups in total. The van der Waals surface area contributed by atoms with Gasteiger partial charge in [0.15, 0.2) is 0 Å². The molecule has 10 nitrogen and oxygen atoms in total. The first kappa shape index (κ1) is 31.6. The predicted molar refractivity (Wildman–Crippen MR) is 173 cm³/mol. The van der Waals surface area contributed by atoms with Gasteiger partial charge in [0.1, 0.15) is 6.61 Å². The Morgan fingerprint density at radius 2 is 1.71 bits per heavy atom. The molecule has 4 aromatic rings. The number of aryl methyl sites for hydroxylation is 2. The highest BCUT2D eigenvalue weighted by Gasteiger charge is 2.29. The van der Waals surface area contributed by atoms with Gasteiger partial charge in [0, 0.05) is 36.3 Å². The lowest BCUT2D eigenvalue weighted by atomic mass is 10.00. The fraction of sp³-hybridized carbons (Fsp3) is 0.294. The van der Waals surface area contributed by atoms with E-state index in [9.17, 15) is 18.0 Å². The fourth-order valence-electron chi connectivity index (χ4n) is 5.51. The first-order valence-corrected chi connectivity index (χ1v) is 16.3. The molecule has 1 aliphatic heterocycles. The summed E-state index contributed by atoms with van der Waals surface area (Å²) in [6.07, 6.45) is 0.611. The molecule has 0 aliphatic carbocycles. The Labute approximate surface area is 263 Å². The largest absolute Gasteiger partial charge is 0.475 e. The Balaban J connectivity index is 1.63. The minimum Gasteiger partial charge on any atom is -0.475 e. The van der Waals surface area contributed by atoms with Crippen molar-refractivity contribution in [3.05, 3.63) is 101 Å². The van der Waals surface area contributed by atoms with Crippen LogP contribution >= 0.6 is 0 Å². The second-order valence-corrected chi connectivity index (χ2v) is 13.3. The van der Waals surface area contributed by atoms with E-state index in [0.29, 0.717) is 17.7 Å². The van der Waals surface area contributed by atoms with E-state index in [1.165, 1.54) is 12.1 Å². The highest BCUT2D eigenvalue weighted by molar-refractivity contribution is 7.92. The summed E-state index contributed by atoms with van der Waals surface area (Å²) >= 11 is 0. The number of hydrogen-bond donors (Lipinski definition) is 2. The van der Waals surface area contributed by atoms with Crippen molar-refractivity contribution in [1.82, 2.24) is 20.2 Å². The molecule has 11 heteroatoms. The molecule has 45 heavy (non-hydrogen) atoms. The van der Waals surface area contributed by atoms with Gasteiger partial charge in [-0.25, -0.2) is 18.1 Å². The lowest BCUT2D eigenvalue weighted by Crippen LogP contribution is -2.44. The van der Waals surface area contributed by atoms with Gasteiger partial charge >= 0.3 is 0 Å². The van der Waals surface area contributed by atoms with Gasteiger partial charge in [-0.3, -0.25) is 9.59 Å². The number of hydrogen-bond acceptors (Lipinski definition) is 7. The molecule has 0 radical (unpaired) electrons. The highest BCUT2D eigenvalue weighted by Crippen LogP contribution is 2.30. The first-order chi connectivity index (χ1) is 21.4. The number of anilines is 1. The van der Waals surface area contributed by atoms with Gasteiger partial charge in [0.25, 0.3) is 21.8 Å². The van der Waals surface area contributed by atoms with Gasteiger partial charge < -0.3 is 15.0 Å². The Morgan fingerprint density at radius 1 is 1.02 bits per heavy atom. The quantitative estimate of drug-likeness (QED) is 0.294. The lowest BCUT2D eigenvalue weighted by Gasteiger charge is -2.33. The topological polar surface area (TPSA) is 131 Å². The summed E-state index contributed by atoms with van der Waals surface area (Å²) in [4.78, 5) is 36.9. The van der Waals surface area contributed by atoms with Crippen molar-refractivity contribution in [1.29, 1.82) is 0 Å². The predicted octanol–water partition coefficient (Wildman–Crippen LogP) is 5.37. The number of ether oxygens (including phenoxy) is 1. The number of sulfonamides is 1. The summed E-state index contributed by atoms with van der Waals surface area (Å²) in [6, 6.07) is 20.2. The van der Waals surface area contributed by atoms with E-state index in [1.807, 2.05) is 44.2 Å². The van der Waals surface area contributed by atoms with Crippen LogP contribution in [0.5, 0.6) is 5.88 Å². The molecule has 1 aliphatic rings. The van der Waals surface area contributed by atoms with Gasteiger partial charge in [-0.05, 0) is 73.2 Å². The van der Waals surface area contributed by atoms with Crippen molar-refractivity contribution in [3.8, 4) is 17.1 Å². The summed E-state index contributed by atoms with van der Waals surface area (Å²) in [5.41, 5.74) is 4.84. The van der Waals surface area contributed by atoms with Gasteiger partial charge in [-0.15, -0.1) is 0 Å². The average Bonchev–Trinajstić information content (AvgIpc) is 3.01. The maximum atomic E-state index is 14.2. The standard InChI is InChI=1S/C34H37N5O5S/c1-21(2)16-27-20-44-30-18-29(31-22(3)8-6-9-23(31)4)36-34(37-30)38-45(42,43)28-11-7-10-26(17-28)33(41)39(27)19-24-12-14-25(15-13-24)32(40)35-5/h6-15,17-18,21,27H,16,19-20H2,1-5H3,(H,35,40)(H,36,37,38)/t27-/m1/s1. The van der Waals surface area contributed by atoms with Crippen LogP contribution in [0, 0.1) is 19.8 Å². The van der Waals surface area contributed by atoms with Crippen LogP contribution in [0.15, 0.2) is 77.7 Å². The third-order valence-corrected chi connectivity index (χ3v) is 9.05. The minimum absolute atomic E-state index is 0.0913. The fourth-order valence-corrected chi connectivity index (χ4v) is 6.50. The van der Waals surface area contributed by atoms with Crippen LogP contribution in [0.25, 0.3) is 11.3 Å². The van der Waals surface area contributed by atoms with E-state index in [0.717, 1.165) is 22.3 Å². The van der Waals surface area contributed by atoms with E-state index in [4.69, 9.17) is 4.74 Å². The second-order valence-electron chi connectivity index (χ2n) is 11.6. The van der Waals surface area contributed by atoms with Gasteiger partial charge in [-0.1, -0.05) is 50.2 Å². The van der Waals surface area contributed by atoms with Crippen LogP contribution in [0.1, 0.15) is 57.7 Å². The number of aromatic nitrogens is 2. The van der Waals surface area contributed by atoms with Crippen molar-refractivity contribution >= 4 is 27.8 Å². The monoisotopic (exact) mass is 627 g/mol. The Bertz CT molecular complexity index is 1820. The summed E-state index contributed by atoms with van der Waals surface area (Å²) in [5, 5.41) is 2.61.